The maximum atomic E-state index is 13.1. The highest BCUT2D eigenvalue weighted by Crippen LogP contribution is 2.23. The SMILES string of the molecule is Fc1ccc(-c2nnc3n2C[C@@H](NCc2ccco2)CC3)cc1. The number of hydrogen-bond acceptors (Lipinski definition) is 4. The summed E-state index contributed by atoms with van der Waals surface area (Å²) in [6, 6.07) is 10.6. The monoisotopic (exact) mass is 312 g/mol. The van der Waals surface area contributed by atoms with E-state index in [4.69, 9.17) is 4.42 Å². The van der Waals surface area contributed by atoms with Crippen molar-refractivity contribution in [3.63, 3.8) is 0 Å². The third-order valence-corrected chi connectivity index (χ3v) is 4.19. The number of benzene rings is 1. The zero-order valence-electron chi connectivity index (χ0n) is 12.6. The molecule has 6 heteroatoms. The zero-order valence-corrected chi connectivity index (χ0v) is 12.6. The maximum Gasteiger partial charge on any atom is 0.164 e. The number of nitrogens with one attached hydrogen (secondary N) is 1. The average molecular weight is 312 g/mol. The Morgan fingerprint density at radius 3 is 2.87 bits per heavy atom. The average Bonchev–Trinajstić information content (AvgIpc) is 3.23. The first-order chi connectivity index (χ1) is 11.3. The molecule has 0 spiro atoms. The molecule has 23 heavy (non-hydrogen) atoms. The number of rotatable bonds is 4. The van der Waals surface area contributed by atoms with E-state index in [1.807, 2.05) is 12.1 Å². The van der Waals surface area contributed by atoms with Crippen molar-refractivity contribution in [3.05, 3.63) is 60.1 Å². The van der Waals surface area contributed by atoms with Gasteiger partial charge in [0.1, 0.15) is 17.4 Å². The molecule has 0 unspecified atom stereocenters. The lowest BCUT2D eigenvalue weighted by Crippen LogP contribution is -2.37. The predicted octanol–water partition coefficient (Wildman–Crippen LogP) is 2.78. The van der Waals surface area contributed by atoms with E-state index in [0.717, 1.165) is 42.4 Å². The largest absolute Gasteiger partial charge is 0.468 e. The Morgan fingerprint density at radius 2 is 2.09 bits per heavy atom. The molecule has 1 N–H and O–H groups in total. The summed E-state index contributed by atoms with van der Waals surface area (Å²) in [4.78, 5) is 0. The Balaban J connectivity index is 1.51. The topological polar surface area (TPSA) is 55.9 Å². The van der Waals surface area contributed by atoms with Crippen LogP contribution in [0, 0.1) is 5.82 Å². The second kappa shape index (κ2) is 5.96. The highest BCUT2D eigenvalue weighted by molar-refractivity contribution is 5.55. The molecular formula is C17H17FN4O. The predicted molar refractivity (Wildman–Crippen MR) is 83.1 cm³/mol. The normalized spacial score (nSPS) is 17.2. The highest BCUT2D eigenvalue weighted by Gasteiger charge is 2.23. The zero-order chi connectivity index (χ0) is 15.6. The quantitative estimate of drug-likeness (QED) is 0.805. The number of hydrogen-bond donors (Lipinski definition) is 1. The number of fused-ring (bicyclic) bond motifs is 1. The van der Waals surface area contributed by atoms with Crippen LogP contribution in [0.2, 0.25) is 0 Å². The van der Waals surface area contributed by atoms with Gasteiger partial charge in [-0.25, -0.2) is 4.39 Å². The number of halogens is 1. The second-order valence-electron chi connectivity index (χ2n) is 5.75. The molecule has 2 aromatic heterocycles. The third kappa shape index (κ3) is 2.90. The van der Waals surface area contributed by atoms with Crippen LogP contribution in [0.25, 0.3) is 11.4 Å². The molecule has 0 saturated heterocycles. The van der Waals surface area contributed by atoms with Gasteiger partial charge in [-0.2, -0.15) is 0 Å². The van der Waals surface area contributed by atoms with E-state index in [1.54, 1.807) is 18.4 Å². The number of nitrogens with zero attached hydrogens (tertiary/aromatic N) is 3. The van der Waals surface area contributed by atoms with E-state index < -0.39 is 0 Å². The molecule has 1 aliphatic rings. The van der Waals surface area contributed by atoms with Crippen molar-refractivity contribution in [3.8, 4) is 11.4 Å². The first-order valence-corrected chi connectivity index (χ1v) is 7.73. The summed E-state index contributed by atoms with van der Waals surface area (Å²) in [5, 5.41) is 12.1. The van der Waals surface area contributed by atoms with E-state index in [0.29, 0.717) is 12.6 Å². The Bertz CT molecular complexity index is 780. The van der Waals surface area contributed by atoms with Crippen molar-refractivity contribution in [2.24, 2.45) is 0 Å². The van der Waals surface area contributed by atoms with Crippen molar-refractivity contribution in [1.82, 2.24) is 20.1 Å². The van der Waals surface area contributed by atoms with Crippen molar-refractivity contribution in [2.45, 2.75) is 32.0 Å². The van der Waals surface area contributed by atoms with Gasteiger partial charge in [0.25, 0.3) is 0 Å². The van der Waals surface area contributed by atoms with Gasteiger partial charge in [-0.1, -0.05) is 0 Å². The smallest absolute Gasteiger partial charge is 0.164 e. The van der Waals surface area contributed by atoms with Gasteiger partial charge in [-0.05, 0) is 42.8 Å². The Hall–Kier alpha value is -2.47. The fraction of sp³-hybridized carbons (Fsp3) is 0.294. The summed E-state index contributed by atoms with van der Waals surface area (Å²) in [5.41, 5.74) is 0.886. The van der Waals surface area contributed by atoms with Gasteiger partial charge in [0.15, 0.2) is 5.82 Å². The van der Waals surface area contributed by atoms with E-state index in [-0.39, 0.29) is 5.82 Å². The molecule has 1 aromatic carbocycles. The molecule has 0 bridgehead atoms. The number of aromatic nitrogens is 3. The number of furan rings is 1. The Kier molecular flexibility index (Phi) is 3.67. The van der Waals surface area contributed by atoms with Gasteiger partial charge in [-0.3, -0.25) is 0 Å². The van der Waals surface area contributed by atoms with Crippen LogP contribution in [0.15, 0.2) is 47.1 Å². The van der Waals surface area contributed by atoms with Crippen LogP contribution in [0.3, 0.4) is 0 Å². The van der Waals surface area contributed by atoms with Gasteiger partial charge >= 0.3 is 0 Å². The highest BCUT2D eigenvalue weighted by atomic mass is 19.1. The summed E-state index contributed by atoms with van der Waals surface area (Å²) in [6.07, 6.45) is 3.58. The first kappa shape index (κ1) is 14.1. The molecule has 3 heterocycles. The third-order valence-electron chi connectivity index (χ3n) is 4.19. The maximum absolute atomic E-state index is 13.1. The van der Waals surface area contributed by atoms with Crippen LogP contribution >= 0.6 is 0 Å². The summed E-state index contributed by atoms with van der Waals surface area (Å²) < 4.78 is 20.6. The van der Waals surface area contributed by atoms with Crippen molar-refractivity contribution < 1.29 is 8.81 Å². The minimum atomic E-state index is -0.245. The second-order valence-corrected chi connectivity index (χ2v) is 5.75. The molecule has 0 radical (unpaired) electrons. The summed E-state index contributed by atoms with van der Waals surface area (Å²) in [5.74, 6) is 2.47. The van der Waals surface area contributed by atoms with E-state index >= 15 is 0 Å². The van der Waals surface area contributed by atoms with Crippen LogP contribution < -0.4 is 5.32 Å². The summed E-state index contributed by atoms with van der Waals surface area (Å²) in [7, 11) is 0. The van der Waals surface area contributed by atoms with Crippen molar-refractivity contribution in [2.75, 3.05) is 0 Å². The molecule has 0 amide bonds. The lowest BCUT2D eigenvalue weighted by Gasteiger charge is -2.25. The Labute approximate surface area is 133 Å². The minimum Gasteiger partial charge on any atom is -0.468 e. The van der Waals surface area contributed by atoms with E-state index in [2.05, 4.69) is 20.1 Å². The van der Waals surface area contributed by atoms with Gasteiger partial charge in [0.05, 0.1) is 12.8 Å². The molecule has 118 valence electrons. The molecule has 1 atom stereocenters. The minimum absolute atomic E-state index is 0.245. The fourth-order valence-electron chi connectivity index (χ4n) is 2.96. The van der Waals surface area contributed by atoms with E-state index in [9.17, 15) is 4.39 Å². The molecule has 0 aliphatic carbocycles. The van der Waals surface area contributed by atoms with Crippen LogP contribution in [0.1, 0.15) is 18.0 Å². The molecule has 0 saturated carbocycles. The lowest BCUT2D eigenvalue weighted by molar-refractivity contribution is 0.363. The van der Waals surface area contributed by atoms with Crippen LogP contribution in [-0.4, -0.2) is 20.8 Å². The van der Waals surface area contributed by atoms with Gasteiger partial charge in [0.2, 0.25) is 0 Å². The molecule has 0 fully saturated rings. The van der Waals surface area contributed by atoms with Crippen LogP contribution in [-0.2, 0) is 19.5 Å². The van der Waals surface area contributed by atoms with Gasteiger partial charge < -0.3 is 14.3 Å². The standard InChI is InChI=1S/C17H17FN4O/c18-13-5-3-12(4-6-13)17-21-20-16-8-7-14(11-22(16)17)19-10-15-2-1-9-23-15/h1-6,9,14,19H,7-8,10-11H2/t14-/m0/s1. The molecule has 3 aromatic rings. The molecule has 4 rings (SSSR count). The van der Waals surface area contributed by atoms with E-state index in [1.165, 1.54) is 12.1 Å². The summed E-state index contributed by atoms with van der Waals surface area (Å²) >= 11 is 0. The lowest BCUT2D eigenvalue weighted by atomic mass is 10.1. The molecule has 1 aliphatic heterocycles. The van der Waals surface area contributed by atoms with Crippen LogP contribution in [0.5, 0.6) is 0 Å². The Morgan fingerprint density at radius 1 is 1.22 bits per heavy atom. The molecule has 5 nitrogen and oxygen atoms in total. The molecular weight excluding hydrogens is 295 g/mol. The summed E-state index contributed by atoms with van der Waals surface area (Å²) in [6.45, 7) is 1.51. The number of aryl methyl sites for hydroxylation is 1. The van der Waals surface area contributed by atoms with Crippen molar-refractivity contribution >= 4 is 0 Å². The van der Waals surface area contributed by atoms with Gasteiger partial charge in [0, 0.05) is 24.6 Å². The fourth-order valence-corrected chi connectivity index (χ4v) is 2.96. The van der Waals surface area contributed by atoms with Crippen LogP contribution in [0.4, 0.5) is 4.39 Å². The van der Waals surface area contributed by atoms with Crippen molar-refractivity contribution in [1.29, 1.82) is 0 Å². The first-order valence-electron chi connectivity index (χ1n) is 7.73. The van der Waals surface area contributed by atoms with Gasteiger partial charge in [-0.15, -0.1) is 10.2 Å².